The number of benzene rings is 4. The average molecular weight is 947 g/mol. The number of ether oxygens (including phenoxy) is 4. The maximum absolute atomic E-state index is 12.4. The van der Waals surface area contributed by atoms with Crippen molar-refractivity contribution in [2.75, 3.05) is 53.6 Å². The van der Waals surface area contributed by atoms with Crippen molar-refractivity contribution in [3.63, 3.8) is 0 Å². The number of allylic oxidation sites excluding steroid dienone is 1. The third-order valence-corrected chi connectivity index (χ3v) is 12.7. The highest BCUT2D eigenvalue weighted by atomic mass is 31.2. The molecule has 2 saturated heterocycles. The molecular formula is C48H59N4O14P. The van der Waals surface area contributed by atoms with Crippen molar-refractivity contribution in [1.82, 2.24) is 9.80 Å². The molecule has 2 aliphatic rings. The summed E-state index contributed by atoms with van der Waals surface area (Å²) in [6, 6.07) is 28.5. The van der Waals surface area contributed by atoms with Crippen LogP contribution in [0, 0.1) is 32.1 Å². The Bertz CT molecular complexity index is 2270. The Balaban J connectivity index is 0.000000228. The molecule has 2 aliphatic heterocycles. The van der Waals surface area contributed by atoms with Crippen LogP contribution in [0.1, 0.15) is 61.8 Å². The number of piperidine rings is 2. The number of nitro benzene ring substituents is 2. The molecule has 2 amide bonds. The van der Waals surface area contributed by atoms with Gasteiger partial charge < -0.3 is 42.6 Å². The van der Waals surface area contributed by atoms with Crippen LogP contribution in [0.2, 0.25) is 0 Å². The van der Waals surface area contributed by atoms with E-state index in [9.17, 15) is 39.2 Å². The van der Waals surface area contributed by atoms with E-state index in [1.165, 1.54) is 32.4 Å². The van der Waals surface area contributed by atoms with Crippen molar-refractivity contribution in [3.8, 4) is 11.5 Å². The lowest BCUT2D eigenvalue weighted by Crippen LogP contribution is -2.39. The van der Waals surface area contributed by atoms with Crippen LogP contribution in [0.15, 0.2) is 103 Å². The molecule has 0 unspecified atom stereocenters. The molecule has 2 fully saturated rings. The molecule has 0 aromatic heterocycles. The number of rotatable bonds is 17. The first-order valence-electron chi connectivity index (χ1n) is 21.9. The summed E-state index contributed by atoms with van der Waals surface area (Å²) in [7, 11) is -0.511. The van der Waals surface area contributed by atoms with Crippen LogP contribution in [0.4, 0.5) is 21.0 Å². The second kappa shape index (κ2) is 27.8. The van der Waals surface area contributed by atoms with Crippen LogP contribution < -0.4 is 9.47 Å². The zero-order valence-corrected chi connectivity index (χ0v) is 39.2. The number of amides is 2. The van der Waals surface area contributed by atoms with E-state index in [-0.39, 0.29) is 67.0 Å². The number of carbonyl (C=O) groups excluding carboxylic acids is 3. The second-order valence-corrected chi connectivity index (χ2v) is 17.3. The van der Waals surface area contributed by atoms with Gasteiger partial charge in [0.25, 0.3) is 0 Å². The molecule has 4 aromatic rings. The minimum atomic E-state index is -3.28. The lowest BCUT2D eigenvalue weighted by molar-refractivity contribution is -0.385. The van der Waals surface area contributed by atoms with Gasteiger partial charge in [0.1, 0.15) is 19.5 Å². The molecule has 19 heteroatoms. The van der Waals surface area contributed by atoms with Crippen molar-refractivity contribution in [2.24, 2.45) is 11.8 Å². The van der Waals surface area contributed by atoms with Gasteiger partial charge in [-0.05, 0) is 79.8 Å². The van der Waals surface area contributed by atoms with Crippen LogP contribution in [-0.4, -0.2) is 91.7 Å². The number of methoxy groups -OCH3 is 2. The van der Waals surface area contributed by atoms with Crippen LogP contribution in [0.5, 0.6) is 11.5 Å². The molecule has 67 heavy (non-hydrogen) atoms. The number of nitro groups is 2. The van der Waals surface area contributed by atoms with E-state index in [0.29, 0.717) is 44.3 Å². The number of likely N-dealkylation sites (tertiary alicyclic amines) is 2. The fourth-order valence-electron chi connectivity index (χ4n) is 7.04. The summed E-state index contributed by atoms with van der Waals surface area (Å²) in [5, 5.41) is 22.1. The SMILES string of the molecule is CCOP(=O)(Cc1ccc(OC)c([N+](=O)[O-])c1)OCC.COc1ccc(C=CC2CCN(C(=O)OCc3ccccc3)CC2)cc1[N+](=O)[O-].O=CC1CCN(C(=O)OCc2ccccc2)CC1. The van der Waals surface area contributed by atoms with Crippen LogP contribution in [0.25, 0.3) is 6.08 Å². The summed E-state index contributed by atoms with van der Waals surface area (Å²) in [4.78, 5) is 59.1. The molecule has 18 nitrogen and oxygen atoms in total. The third kappa shape index (κ3) is 17.6. The fourth-order valence-corrected chi connectivity index (χ4v) is 8.72. The second-order valence-electron chi connectivity index (χ2n) is 15.3. The third-order valence-electron chi connectivity index (χ3n) is 10.6. The Morgan fingerprint density at radius 3 is 1.54 bits per heavy atom. The van der Waals surface area contributed by atoms with Crippen molar-refractivity contribution < 1.29 is 56.8 Å². The summed E-state index contributed by atoms with van der Waals surface area (Å²) in [5.74, 6) is 0.813. The maximum atomic E-state index is 12.4. The maximum Gasteiger partial charge on any atom is 0.410 e. The Morgan fingerprint density at radius 2 is 1.10 bits per heavy atom. The lowest BCUT2D eigenvalue weighted by atomic mass is 9.96. The molecule has 2 heterocycles. The summed E-state index contributed by atoms with van der Waals surface area (Å²) in [6.45, 7) is 6.96. The molecule has 0 radical (unpaired) electrons. The van der Waals surface area contributed by atoms with E-state index >= 15 is 0 Å². The quantitative estimate of drug-likeness (QED) is 0.0417. The molecule has 6 rings (SSSR count). The predicted molar refractivity (Wildman–Crippen MR) is 251 cm³/mol. The standard InChI is InChI=1S/C22H24N2O5.C14H17NO3.C12H18NO6P/c1-28-21-10-9-18(15-20(21)24(26)27)8-7-17-11-13-23(14-12-17)22(25)29-16-19-5-3-2-4-6-19;16-10-12-6-8-15(9-7-12)14(17)18-11-13-4-2-1-3-5-13;1-4-18-20(16,19-5-2)9-10-6-7-12(17-3)11(8-10)13(14)15/h2-10,15,17H,11-14,16H2,1H3;1-5,10,12H,6-9,11H2;6-8H,4-5,9H2,1-3H3. The van der Waals surface area contributed by atoms with Crippen LogP contribution in [0.3, 0.4) is 0 Å². The van der Waals surface area contributed by atoms with Gasteiger partial charge in [-0.3, -0.25) is 24.8 Å². The average Bonchev–Trinajstić information content (AvgIpc) is 3.35. The summed E-state index contributed by atoms with van der Waals surface area (Å²) in [6.07, 6.45) is 7.47. The first-order valence-corrected chi connectivity index (χ1v) is 23.6. The van der Waals surface area contributed by atoms with E-state index in [1.54, 1.807) is 41.8 Å². The minimum absolute atomic E-state index is 0.0144. The number of aldehydes is 1. The molecule has 4 aromatic carbocycles. The predicted octanol–water partition coefficient (Wildman–Crippen LogP) is 10.3. The van der Waals surface area contributed by atoms with E-state index in [2.05, 4.69) is 6.08 Å². The first kappa shape index (κ1) is 53.0. The highest BCUT2D eigenvalue weighted by molar-refractivity contribution is 7.53. The van der Waals surface area contributed by atoms with Crippen molar-refractivity contribution in [3.05, 3.63) is 146 Å². The largest absolute Gasteiger partial charge is 0.490 e. The van der Waals surface area contributed by atoms with Gasteiger partial charge in [0.2, 0.25) is 0 Å². The number of hydrogen-bond donors (Lipinski definition) is 0. The van der Waals surface area contributed by atoms with Crippen LogP contribution >= 0.6 is 7.60 Å². The van der Waals surface area contributed by atoms with E-state index in [4.69, 9.17) is 28.0 Å². The molecule has 360 valence electrons. The number of nitrogens with zero attached hydrogens (tertiary/aromatic N) is 4. The van der Waals surface area contributed by atoms with Crippen molar-refractivity contribution in [1.29, 1.82) is 0 Å². The minimum Gasteiger partial charge on any atom is -0.490 e. The van der Waals surface area contributed by atoms with Gasteiger partial charge in [-0.25, -0.2) is 9.59 Å². The fraction of sp³-hybridized carbons (Fsp3) is 0.396. The summed E-state index contributed by atoms with van der Waals surface area (Å²) >= 11 is 0. The Hall–Kier alpha value is -6.62. The molecule has 0 spiro atoms. The number of hydrogen-bond acceptors (Lipinski definition) is 14. The topological polar surface area (TPSA) is 216 Å². The molecule has 0 aliphatic carbocycles. The molecular weight excluding hydrogens is 888 g/mol. The highest BCUT2D eigenvalue weighted by Gasteiger charge is 2.27. The van der Waals surface area contributed by atoms with Crippen LogP contribution in [-0.2, 0) is 47.3 Å². The highest BCUT2D eigenvalue weighted by Crippen LogP contribution is 2.51. The van der Waals surface area contributed by atoms with E-state index in [1.807, 2.05) is 66.7 Å². The summed E-state index contributed by atoms with van der Waals surface area (Å²) in [5.41, 5.74) is 2.97. The Kier molecular flexibility index (Phi) is 22.0. The van der Waals surface area contributed by atoms with Gasteiger partial charge in [-0.15, -0.1) is 0 Å². The van der Waals surface area contributed by atoms with Gasteiger partial charge in [-0.1, -0.05) is 84.9 Å². The zero-order valence-electron chi connectivity index (χ0n) is 38.3. The first-order chi connectivity index (χ1) is 32.3. The lowest BCUT2D eigenvalue weighted by Gasteiger charge is -2.30. The Morgan fingerprint density at radius 1 is 0.657 bits per heavy atom. The van der Waals surface area contributed by atoms with E-state index in [0.717, 1.165) is 48.7 Å². The molecule has 0 N–H and O–H groups in total. The molecule has 0 atom stereocenters. The van der Waals surface area contributed by atoms with E-state index < -0.39 is 17.4 Å². The number of carbonyl (C=O) groups is 3. The monoisotopic (exact) mass is 946 g/mol. The van der Waals surface area contributed by atoms with Crippen molar-refractivity contribution in [2.45, 2.75) is 58.9 Å². The summed E-state index contributed by atoms with van der Waals surface area (Å²) < 4.78 is 43.3. The normalized spacial score (nSPS) is 14.1. The Labute approximate surface area is 390 Å². The molecule has 0 bridgehead atoms. The van der Waals surface area contributed by atoms with Gasteiger partial charge in [0, 0.05) is 44.2 Å². The van der Waals surface area contributed by atoms with Gasteiger partial charge >= 0.3 is 31.2 Å². The van der Waals surface area contributed by atoms with Gasteiger partial charge in [0.05, 0.1) is 43.4 Å². The van der Waals surface area contributed by atoms with Crippen molar-refractivity contribution >= 4 is 43.5 Å². The van der Waals surface area contributed by atoms with Gasteiger partial charge in [0.15, 0.2) is 11.5 Å². The zero-order chi connectivity index (χ0) is 48.6. The van der Waals surface area contributed by atoms with Gasteiger partial charge in [-0.2, -0.15) is 0 Å². The smallest absolute Gasteiger partial charge is 0.410 e. The molecule has 0 saturated carbocycles.